The van der Waals surface area contributed by atoms with Gasteiger partial charge in [-0.25, -0.2) is 0 Å². The molecule has 6 heteroatoms. The number of nitrogens with zero attached hydrogens (tertiary/aromatic N) is 1. The molecular weight excluding hydrogens is 370 g/mol. The number of allylic oxidation sites excluding steroid dienone is 1. The van der Waals surface area contributed by atoms with Gasteiger partial charge in [-0.2, -0.15) is 5.26 Å². The Morgan fingerprint density at radius 1 is 1.21 bits per heavy atom. The molecule has 0 spiro atoms. The Morgan fingerprint density at radius 3 is 2.57 bits per heavy atom. The van der Waals surface area contributed by atoms with Crippen molar-refractivity contribution in [3.05, 3.63) is 76.3 Å². The molecular formula is C22H21N3O2S. The molecule has 2 aromatic rings. The van der Waals surface area contributed by atoms with Gasteiger partial charge in [0.2, 0.25) is 11.8 Å². The lowest BCUT2D eigenvalue weighted by atomic mass is 9.87. The van der Waals surface area contributed by atoms with E-state index in [1.807, 2.05) is 54.6 Å². The maximum absolute atomic E-state index is 12.3. The maximum Gasteiger partial charge on any atom is 0.234 e. The van der Waals surface area contributed by atoms with Crippen molar-refractivity contribution < 1.29 is 9.59 Å². The molecule has 2 N–H and O–H groups in total. The van der Waals surface area contributed by atoms with Gasteiger partial charge in [-0.1, -0.05) is 61.2 Å². The van der Waals surface area contributed by atoms with Crippen LogP contribution in [0.4, 0.5) is 5.69 Å². The summed E-state index contributed by atoms with van der Waals surface area (Å²) >= 11 is 1.18. The predicted molar refractivity (Wildman–Crippen MR) is 111 cm³/mol. The fourth-order valence-electron chi connectivity index (χ4n) is 3.06. The number of hydrogen-bond acceptors (Lipinski definition) is 4. The second-order valence-electron chi connectivity index (χ2n) is 6.46. The van der Waals surface area contributed by atoms with E-state index < -0.39 is 0 Å². The van der Waals surface area contributed by atoms with Crippen LogP contribution in [0.2, 0.25) is 0 Å². The van der Waals surface area contributed by atoms with E-state index in [0.29, 0.717) is 10.6 Å². The molecule has 0 aliphatic carbocycles. The highest BCUT2D eigenvalue weighted by atomic mass is 32.2. The Labute approximate surface area is 168 Å². The summed E-state index contributed by atoms with van der Waals surface area (Å²) in [6.07, 6.45) is 1.17. The van der Waals surface area contributed by atoms with Gasteiger partial charge in [-0.3, -0.25) is 9.59 Å². The molecule has 0 unspecified atom stereocenters. The summed E-state index contributed by atoms with van der Waals surface area (Å²) in [7, 11) is 0. The maximum atomic E-state index is 12.3. The number of benzene rings is 2. The monoisotopic (exact) mass is 391 g/mol. The van der Waals surface area contributed by atoms with E-state index in [1.165, 1.54) is 17.3 Å². The van der Waals surface area contributed by atoms with Crippen molar-refractivity contribution in [1.29, 1.82) is 5.26 Å². The van der Waals surface area contributed by atoms with Crippen LogP contribution in [0.15, 0.2) is 65.2 Å². The van der Waals surface area contributed by atoms with E-state index in [-0.39, 0.29) is 29.9 Å². The van der Waals surface area contributed by atoms with Gasteiger partial charge in [0.25, 0.3) is 0 Å². The van der Waals surface area contributed by atoms with Crippen LogP contribution >= 0.6 is 11.8 Å². The summed E-state index contributed by atoms with van der Waals surface area (Å²) in [4.78, 5) is 24.4. The van der Waals surface area contributed by atoms with Gasteiger partial charge in [0.15, 0.2) is 0 Å². The first-order chi connectivity index (χ1) is 13.6. The highest BCUT2D eigenvalue weighted by Gasteiger charge is 2.29. The quantitative estimate of drug-likeness (QED) is 0.781. The molecule has 2 aromatic carbocycles. The zero-order valence-electron chi connectivity index (χ0n) is 15.6. The molecule has 1 aliphatic rings. The number of nitriles is 1. The largest absolute Gasteiger partial charge is 0.325 e. The molecule has 0 fully saturated rings. The number of rotatable bonds is 6. The minimum atomic E-state index is -0.285. The fourth-order valence-corrected chi connectivity index (χ4v) is 3.94. The van der Waals surface area contributed by atoms with Gasteiger partial charge in [0, 0.05) is 18.0 Å². The molecule has 1 aliphatic heterocycles. The van der Waals surface area contributed by atoms with E-state index in [0.717, 1.165) is 17.7 Å². The number of nitrogens with one attached hydrogen (secondary N) is 2. The molecule has 28 heavy (non-hydrogen) atoms. The lowest BCUT2D eigenvalue weighted by Crippen LogP contribution is -2.31. The SMILES string of the molecule is CCc1ccc(NC(=O)CSC2=C(C#N)[C@H](c3ccccc3)CC(=O)N2)cc1. The van der Waals surface area contributed by atoms with Crippen LogP contribution in [-0.2, 0) is 16.0 Å². The molecule has 0 bridgehead atoms. The number of carbonyl (C=O) groups is 2. The molecule has 0 saturated heterocycles. The third kappa shape index (κ3) is 4.81. The fraction of sp³-hybridized carbons (Fsp3) is 0.227. The molecule has 0 saturated carbocycles. The smallest absolute Gasteiger partial charge is 0.234 e. The van der Waals surface area contributed by atoms with Gasteiger partial charge in [0.05, 0.1) is 22.4 Å². The van der Waals surface area contributed by atoms with Crippen molar-refractivity contribution in [2.24, 2.45) is 0 Å². The van der Waals surface area contributed by atoms with Crippen molar-refractivity contribution in [3.8, 4) is 6.07 Å². The molecule has 1 heterocycles. The van der Waals surface area contributed by atoms with E-state index in [9.17, 15) is 14.9 Å². The average Bonchev–Trinajstić information content (AvgIpc) is 2.73. The van der Waals surface area contributed by atoms with Gasteiger partial charge < -0.3 is 10.6 Å². The van der Waals surface area contributed by atoms with E-state index in [2.05, 4.69) is 23.6 Å². The normalized spacial score (nSPS) is 16.3. The zero-order chi connectivity index (χ0) is 19.9. The Morgan fingerprint density at radius 2 is 1.93 bits per heavy atom. The molecule has 0 radical (unpaired) electrons. The van der Waals surface area contributed by atoms with Crippen molar-refractivity contribution in [2.75, 3.05) is 11.1 Å². The van der Waals surface area contributed by atoms with Gasteiger partial charge in [-0.15, -0.1) is 0 Å². The minimum absolute atomic E-state index is 0.109. The van der Waals surface area contributed by atoms with Crippen molar-refractivity contribution in [3.63, 3.8) is 0 Å². The number of thioether (sulfide) groups is 1. The van der Waals surface area contributed by atoms with Crippen LogP contribution in [-0.4, -0.2) is 17.6 Å². The summed E-state index contributed by atoms with van der Waals surface area (Å²) in [5.41, 5.74) is 3.35. The van der Waals surface area contributed by atoms with Crippen LogP contribution in [0.25, 0.3) is 0 Å². The summed E-state index contributed by atoms with van der Waals surface area (Å²) in [5.74, 6) is -0.509. The van der Waals surface area contributed by atoms with Gasteiger partial charge in [0.1, 0.15) is 0 Å². The topological polar surface area (TPSA) is 82.0 Å². The standard InChI is InChI=1S/C22H21N3O2S/c1-2-15-8-10-17(11-9-15)24-21(27)14-28-22-19(13-23)18(12-20(26)25-22)16-6-4-3-5-7-16/h3-11,18H,2,12,14H2,1H3,(H,24,27)(H,25,26)/t18-/m0/s1. The summed E-state index contributed by atoms with van der Waals surface area (Å²) in [5, 5.41) is 15.7. The van der Waals surface area contributed by atoms with E-state index in [4.69, 9.17) is 0 Å². The summed E-state index contributed by atoms with van der Waals surface area (Å²) in [6.45, 7) is 2.08. The lowest BCUT2D eigenvalue weighted by molar-refractivity contribution is -0.121. The first kappa shape index (κ1) is 19.7. The number of carbonyl (C=O) groups excluding carboxylic acids is 2. The Hall–Kier alpha value is -3.04. The number of aryl methyl sites for hydroxylation is 1. The van der Waals surface area contributed by atoms with Crippen molar-refractivity contribution in [2.45, 2.75) is 25.7 Å². The third-order valence-corrected chi connectivity index (χ3v) is 5.57. The highest BCUT2D eigenvalue weighted by Crippen LogP contribution is 2.35. The van der Waals surface area contributed by atoms with E-state index in [1.54, 1.807) is 0 Å². The van der Waals surface area contributed by atoms with Crippen LogP contribution < -0.4 is 10.6 Å². The summed E-state index contributed by atoms with van der Waals surface area (Å²) < 4.78 is 0. The van der Waals surface area contributed by atoms with Crippen LogP contribution in [0.5, 0.6) is 0 Å². The first-order valence-corrected chi connectivity index (χ1v) is 10.1. The molecule has 1 atom stereocenters. The molecule has 5 nitrogen and oxygen atoms in total. The van der Waals surface area contributed by atoms with Gasteiger partial charge in [-0.05, 0) is 29.7 Å². The Bertz CT molecular complexity index is 931. The Kier molecular flexibility index (Phi) is 6.51. The number of hydrogen-bond donors (Lipinski definition) is 2. The molecule has 0 aromatic heterocycles. The van der Waals surface area contributed by atoms with Crippen molar-refractivity contribution >= 4 is 29.3 Å². The second-order valence-corrected chi connectivity index (χ2v) is 7.44. The van der Waals surface area contributed by atoms with Crippen molar-refractivity contribution in [1.82, 2.24) is 5.32 Å². The van der Waals surface area contributed by atoms with Crippen LogP contribution in [0.3, 0.4) is 0 Å². The minimum Gasteiger partial charge on any atom is -0.325 e. The third-order valence-electron chi connectivity index (χ3n) is 4.55. The first-order valence-electron chi connectivity index (χ1n) is 9.11. The predicted octanol–water partition coefficient (Wildman–Crippen LogP) is 3.96. The van der Waals surface area contributed by atoms with E-state index >= 15 is 0 Å². The molecule has 142 valence electrons. The zero-order valence-corrected chi connectivity index (χ0v) is 16.4. The highest BCUT2D eigenvalue weighted by molar-refractivity contribution is 8.03. The number of amides is 2. The molecule has 2 amide bonds. The summed E-state index contributed by atoms with van der Waals surface area (Å²) in [6, 6.07) is 19.4. The average molecular weight is 391 g/mol. The number of anilines is 1. The lowest BCUT2D eigenvalue weighted by Gasteiger charge is -2.25. The second kappa shape index (κ2) is 9.25. The van der Waals surface area contributed by atoms with Crippen LogP contribution in [0, 0.1) is 11.3 Å². The molecule has 3 rings (SSSR count). The van der Waals surface area contributed by atoms with Gasteiger partial charge >= 0.3 is 0 Å². The Balaban J connectivity index is 1.70. The van der Waals surface area contributed by atoms with Crippen LogP contribution in [0.1, 0.15) is 30.4 Å².